The number of aliphatic hydroxyl groups excluding tert-OH is 1. The van der Waals surface area contributed by atoms with Gasteiger partial charge in [-0.1, -0.05) is 6.92 Å². The van der Waals surface area contributed by atoms with Crippen LogP contribution in [0, 0.1) is 10.1 Å². The summed E-state index contributed by atoms with van der Waals surface area (Å²) in [5.74, 6) is 0. The zero-order chi connectivity index (χ0) is 12.1. The molecule has 1 unspecified atom stereocenters. The van der Waals surface area contributed by atoms with Crippen LogP contribution in [-0.4, -0.2) is 27.7 Å². The normalized spacial score (nSPS) is 12.2. The van der Waals surface area contributed by atoms with E-state index in [-0.39, 0.29) is 18.3 Å². The molecule has 88 valence electrons. The molecule has 7 heteroatoms. The number of nitrogens with one attached hydrogen (secondary N) is 1. The Morgan fingerprint density at radius 2 is 2.38 bits per heavy atom. The third kappa shape index (κ3) is 2.89. The number of rotatable bonds is 5. The van der Waals surface area contributed by atoms with Gasteiger partial charge < -0.3 is 10.4 Å². The van der Waals surface area contributed by atoms with Crippen molar-refractivity contribution >= 4 is 27.3 Å². The fourth-order valence-electron chi connectivity index (χ4n) is 1.19. The van der Waals surface area contributed by atoms with Gasteiger partial charge in [-0.25, -0.2) is 0 Å². The van der Waals surface area contributed by atoms with Crippen molar-refractivity contribution in [3.8, 4) is 0 Å². The Morgan fingerprint density at radius 1 is 1.69 bits per heavy atom. The molecule has 0 fully saturated rings. The minimum atomic E-state index is -0.510. The lowest BCUT2D eigenvalue weighted by atomic mass is 10.2. The summed E-state index contributed by atoms with van der Waals surface area (Å²) in [7, 11) is 0. The maximum atomic E-state index is 10.8. The van der Waals surface area contributed by atoms with E-state index in [0.717, 1.165) is 0 Å². The molecule has 1 heterocycles. The average Bonchev–Trinajstić information content (AvgIpc) is 2.27. The fourth-order valence-corrected chi connectivity index (χ4v) is 1.62. The van der Waals surface area contributed by atoms with Crippen LogP contribution >= 0.6 is 15.9 Å². The number of aliphatic hydroxyl groups is 1. The van der Waals surface area contributed by atoms with Gasteiger partial charge in [0.15, 0.2) is 0 Å². The second kappa shape index (κ2) is 5.76. The molecule has 0 aromatic carbocycles. The number of nitro groups is 1. The standard InChI is InChI=1S/C9H12BrN3O3/c1-2-6(5-14)12-9-7(10)3-11-4-8(9)13(15)16/h3-4,6,14H,2,5H2,1H3,(H,11,12). The number of hydrogen-bond donors (Lipinski definition) is 2. The van der Waals surface area contributed by atoms with Crippen molar-refractivity contribution in [2.45, 2.75) is 19.4 Å². The first-order valence-corrected chi connectivity index (χ1v) is 5.54. The smallest absolute Gasteiger partial charge is 0.311 e. The van der Waals surface area contributed by atoms with Gasteiger partial charge in [-0.3, -0.25) is 15.1 Å². The highest BCUT2D eigenvalue weighted by Gasteiger charge is 2.19. The van der Waals surface area contributed by atoms with Crippen molar-refractivity contribution in [2.24, 2.45) is 0 Å². The van der Waals surface area contributed by atoms with E-state index in [1.165, 1.54) is 12.4 Å². The molecule has 0 saturated heterocycles. The quantitative estimate of drug-likeness (QED) is 0.639. The van der Waals surface area contributed by atoms with E-state index in [1.54, 1.807) is 0 Å². The summed E-state index contributed by atoms with van der Waals surface area (Å²) in [6.45, 7) is 1.80. The summed E-state index contributed by atoms with van der Waals surface area (Å²) in [6, 6.07) is -0.211. The number of nitrogens with zero attached hydrogens (tertiary/aromatic N) is 2. The van der Waals surface area contributed by atoms with Crippen molar-refractivity contribution in [1.82, 2.24) is 4.98 Å². The molecule has 1 rings (SSSR count). The first-order chi connectivity index (χ1) is 7.60. The molecule has 2 N–H and O–H groups in total. The highest BCUT2D eigenvalue weighted by molar-refractivity contribution is 9.10. The van der Waals surface area contributed by atoms with Crippen LogP contribution in [0.1, 0.15) is 13.3 Å². The largest absolute Gasteiger partial charge is 0.394 e. The minimum absolute atomic E-state index is 0.0809. The highest BCUT2D eigenvalue weighted by atomic mass is 79.9. The first kappa shape index (κ1) is 12.9. The minimum Gasteiger partial charge on any atom is -0.394 e. The molecule has 0 aliphatic heterocycles. The van der Waals surface area contributed by atoms with E-state index >= 15 is 0 Å². The third-order valence-electron chi connectivity index (χ3n) is 2.14. The van der Waals surface area contributed by atoms with Crippen molar-refractivity contribution in [3.05, 3.63) is 27.0 Å². The van der Waals surface area contributed by atoms with Gasteiger partial charge in [0.1, 0.15) is 11.9 Å². The first-order valence-electron chi connectivity index (χ1n) is 4.75. The summed E-state index contributed by atoms with van der Waals surface area (Å²) in [4.78, 5) is 14.0. The van der Waals surface area contributed by atoms with Crippen LogP contribution in [0.4, 0.5) is 11.4 Å². The van der Waals surface area contributed by atoms with Crippen LogP contribution in [0.3, 0.4) is 0 Å². The van der Waals surface area contributed by atoms with Crippen LogP contribution in [-0.2, 0) is 0 Å². The molecule has 0 aliphatic carbocycles. The predicted octanol–water partition coefficient (Wildman–Crippen LogP) is 1.94. The molecule has 0 amide bonds. The number of halogens is 1. The molecule has 1 aromatic heterocycles. The van der Waals surface area contributed by atoms with Gasteiger partial charge in [0.25, 0.3) is 0 Å². The highest BCUT2D eigenvalue weighted by Crippen LogP contribution is 2.31. The summed E-state index contributed by atoms with van der Waals surface area (Å²) < 4.78 is 0.508. The lowest BCUT2D eigenvalue weighted by Crippen LogP contribution is -2.23. The van der Waals surface area contributed by atoms with Gasteiger partial charge in [0.05, 0.1) is 16.0 Å². The Hall–Kier alpha value is -1.21. The molecule has 0 saturated carbocycles. The van der Waals surface area contributed by atoms with E-state index in [9.17, 15) is 10.1 Å². The van der Waals surface area contributed by atoms with Crippen LogP contribution in [0.15, 0.2) is 16.9 Å². The lowest BCUT2D eigenvalue weighted by molar-refractivity contribution is -0.384. The summed E-state index contributed by atoms with van der Waals surface area (Å²) in [6.07, 6.45) is 3.32. The Labute approximate surface area is 101 Å². The molecule has 0 spiro atoms. The monoisotopic (exact) mass is 289 g/mol. The van der Waals surface area contributed by atoms with Crippen LogP contribution in [0.2, 0.25) is 0 Å². The van der Waals surface area contributed by atoms with E-state index in [4.69, 9.17) is 5.11 Å². The zero-order valence-electron chi connectivity index (χ0n) is 8.68. The van der Waals surface area contributed by atoms with Crippen molar-refractivity contribution in [2.75, 3.05) is 11.9 Å². The maximum Gasteiger partial charge on any atom is 0.311 e. The zero-order valence-corrected chi connectivity index (χ0v) is 10.3. The Bertz CT molecular complexity index is 382. The number of pyridine rings is 1. The number of anilines is 1. The Balaban J connectivity index is 3.05. The second-order valence-electron chi connectivity index (χ2n) is 3.20. The fraction of sp³-hybridized carbons (Fsp3) is 0.444. The predicted molar refractivity (Wildman–Crippen MR) is 63.4 cm³/mol. The molecule has 0 aliphatic rings. The molecular formula is C9H12BrN3O3. The van der Waals surface area contributed by atoms with Gasteiger partial charge in [-0.15, -0.1) is 0 Å². The molecule has 0 radical (unpaired) electrons. The number of hydrogen-bond acceptors (Lipinski definition) is 5. The topological polar surface area (TPSA) is 88.3 Å². The van der Waals surface area contributed by atoms with Crippen molar-refractivity contribution in [3.63, 3.8) is 0 Å². The molecular weight excluding hydrogens is 278 g/mol. The van der Waals surface area contributed by atoms with Crippen LogP contribution in [0.5, 0.6) is 0 Å². The molecule has 16 heavy (non-hydrogen) atoms. The van der Waals surface area contributed by atoms with Gasteiger partial charge in [-0.2, -0.15) is 0 Å². The molecule has 0 bridgehead atoms. The summed E-state index contributed by atoms with van der Waals surface area (Å²) in [5.41, 5.74) is 0.238. The van der Waals surface area contributed by atoms with Gasteiger partial charge in [0, 0.05) is 12.2 Å². The summed E-state index contributed by atoms with van der Waals surface area (Å²) in [5, 5.41) is 22.7. The molecule has 1 atom stereocenters. The SMILES string of the molecule is CCC(CO)Nc1c(Br)cncc1[N+](=O)[O-]. The van der Waals surface area contributed by atoms with E-state index < -0.39 is 4.92 Å². The third-order valence-corrected chi connectivity index (χ3v) is 2.74. The van der Waals surface area contributed by atoms with Crippen LogP contribution < -0.4 is 5.32 Å². The van der Waals surface area contributed by atoms with Crippen molar-refractivity contribution in [1.29, 1.82) is 0 Å². The van der Waals surface area contributed by atoms with Gasteiger partial charge >= 0.3 is 5.69 Å². The van der Waals surface area contributed by atoms with Gasteiger partial charge in [0.2, 0.25) is 0 Å². The lowest BCUT2D eigenvalue weighted by Gasteiger charge is -2.16. The Morgan fingerprint density at radius 3 is 2.88 bits per heavy atom. The molecule has 1 aromatic rings. The van der Waals surface area contributed by atoms with Crippen molar-refractivity contribution < 1.29 is 10.0 Å². The maximum absolute atomic E-state index is 10.8. The van der Waals surface area contributed by atoms with Crippen LogP contribution in [0.25, 0.3) is 0 Å². The number of aromatic nitrogens is 1. The Kier molecular flexibility index (Phi) is 4.63. The average molecular weight is 290 g/mol. The summed E-state index contributed by atoms with van der Waals surface area (Å²) >= 11 is 3.19. The van der Waals surface area contributed by atoms with Gasteiger partial charge in [-0.05, 0) is 22.4 Å². The van der Waals surface area contributed by atoms with E-state index in [1.807, 2.05) is 6.92 Å². The second-order valence-corrected chi connectivity index (χ2v) is 4.06. The van der Waals surface area contributed by atoms with E-state index in [2.05, 4.69) is 26.2 Å². The molecule has 6 nitrogen and oxygen atoms in total. The van der Waals surface area contributed by atoms with E-state index in [0.29, 0.717) is 16.6 Å².